The molecule has 3 aliphatic carbocycles. The van der Waals surface area contributed by atoms with Crippen LogP contribution in [0.1, 0.15) is 44.5 Å². The number of nitrogens with zero attached hydrogens (tertiary/aromatic N) is 4. The second-order valence-corrected chi connectivity index (χ2v) is 18.9. The Hall–Kier alpha value is -9.38. The van der Waals surface area contributed by atoms with Crippen LogP contribution in [-0.2, 0) is 10.8 Å². The van der Waals surface area contributed by atoms with Gasteiger partial charge in [0.25, 0.3) is 0 Å². The van der Waals surface area contributed by atoms with Crippen molar-refractivity contribution in [1.82, 2.24) is 9.97 Å². The fraction of sp³-hybridized carbons (Fsp3) is 0.0294. The smallest absolute Gasteiger partial charge is 0.163 e. The first kappa shape index (κ1) is 41.6. The Morgan fingerprint density at radius 2 is 0.611 bits per heavy atom. The number of aromatic nitrogens is 2. The SMILES string of the molecule is c1ccc(N(c2ccc3ccccc3c2)c2cc(N(c3ccccc3)c3ccc4ccccc4c3)nc(-c3ccc4c(c3)C3(c5ccccc5)c5ccccc5C4(c4ccccc4)c4ccccc43)n2)cc1. The maximum absolute atomic E-state index is 5.72. The summed E-state index contributed by atoms with van der Waals surface area (Å²) in [5.74, 6) is 2.10. The fourth-order valence-electron chi connectivity index (χ4n) is 12.2. The molecule has 1 aromatic heterocycles. The zero-order chi connectivity index (χ0) is 47.6. The molecule has 4 heteroatoms. The highest BCUT2D eigenvalue weighted by Gasteiger charge is 2.60. The summed E-state index contributed by atoms with van der Waals surface area (Å²) < 4.78 is 0. The van der Waals surface area contributed by atoms with Crippen LogP contribution in [0.2, 0.25) is 0 Å². The first-order valence-corrected chi connectivity index (χ1v) is 24.7. The molecule has 12 aromatic rings. The minimum atomic E-state index is -0.640. The number of fused-ring (bicyclic) bond motifs is 2. The third kappa shape index (κ3) is 6.25. The lowest BCUT2D eigenvalue weighted by Gasteiger charge is -2.57. The van der Waals surface area contributed by atoms with E-state index in [0.717, 1.165) is 50.7 Å². The monoisotopic (exact) mass is 918 g/mol. The van der Waals surface area contributed by atoms with Crippen molar-refractivity contribution in [3.63, 3.8) is 0 Å². The standard InChI is InChI=1S/C68H46N4/c1-5-25-52(26-6-1)67-58-33-17-19-35-60(58)68(53-27-7-2-8-28-53,61-36-20-18-34-59(61)67)63-45-51(39-42-62(63)67)66-69-64(71(54-29-9-3-10-30-54)56-40-37-47-21-13-15-23-49(47)43-56)46-65(70-66)72(55-31-11-4-12-32-55)57-41-38-48-22-14-16-24-50(48)44-57/h1-46H. The van der Waals surface area contributed by atoms with E-state index in [1.807, 2.05) is 0 Å². The Labute approximate surface area is 419 Å². The van der Waals surface area contributed by atoms with Crippen molar-refractivity contribution < 1.29 is 0 Å². The molecule has 0 atom stereocenters. The van der Waals surface area contributed by atoms with E-state index in [4.69, 9.17) is 9.97 Å². The molecule has 2 bridgehead atoms. The number of hydrogen-bond donors (Lipinski definition) is 0. The second kappa shape index (κ2) is 16.6. The predicted molar refractivity (Wildman–Crippen MR) is 296 cm³/mol. The molecule has 72 heavy (non-hydrogen) atoms. The summed E-state index contributed by atoms with van der Waals surface area (Å²) in [5, 5.41) is 4.65. The molecular formula is C68H46N4. The highest BCUT2D eigenvalue weighted by atomic mass is 15.3. The molecule has 0 amide bonds. The molecule has 0 spiro atoms. The van der Waals surface area contributed by atoms with Crippen LogP contribution in [0.3, 0.4) is 0 Å². The molecule has 0 N–H and O–H groups in total. The van der Waals surface area contributed by atoms with Gasteiger partial charge in [0.05, 0.1) is 10.8 Å². The van der Waals surface area contributed by atoms with Crippen LogP contribution in [0.15, 0.2) is 279 Å². The van der Waals surface area contributed by atoms with E-state index in [-0.39, 0.29) is 0 Å². The Kier molecular flexibility index (Phi) is 9.62. The molecule has 15 rings (SSSR count). The number of benzene rings is 11. The van der Waals surface area contributed by atoms with Gasteiger partial charge in [-0.25, -0.2) is 9.97 Å². The predicted octanol–water partition coefficient (Wildman–Crippen LogP) is 16.8. The largest absolute Gasteiger partial charge is 0.295 e. The van der Waals surface area contributed by atoms with Crippen molar-refractivity contribution in [2.24, 2.45) is 0 Å². The molecule has 0 saturated carbocycles. The van der Waals surface area contributed by atoms with Gasteiger partial charge in [-0.1, -0.05) is 218 Å². The highest BCUT2D eigenvalue weighted by molar-refractivity contribution is 5.92. The minimum absolute atomic E-state index is 0.576. The van der Waals surface area contributed by atoms with Gasteiger partial charge in [-0.2, -0.15) is 0 Å². The van der Waals surface area contributed by atoms with Crippen LogP contribution in [0, 0.1) is 0 Å². The van der Waals surface area contributed by atoms with E-state index in [1.165, 1.54) is 55.3 Å². The van der Waals surface area contributed by atoms with Gasteiger partial charge in [0.1, 0.15) is 11.6 Å². The van der Waals surface area contributed by atoms with E-state index in [0.29, 0.717) is 5.82 Å². The third-order valence-corrected chi connectivity index (χ3v) is 15.1. The Bertz CT molecular complexity index is 3820. The molecule has 1 heterocycles. The van der Waals surface area contributed by atoms with Crippen LogP contribution < -0.4 is 9.80 Å². The molecule has 0 fully saturated rings. The number of para-hydroxylation sites is 2. The summed E-state index contributed by atoms with van der Waals surface area (Å²) in [6, 6.07) is 101. The maximum atomic E-state index is 5.72. The summed E-state index contributed by atoms with van der Waals surface area (Å²) in [7, 11) is 0. The van der Waals surface area contributed by atoms with E-state index in [9.17, 15) is 0 Å². The first-order chi connectivity index (χ1) is 35.7. The Morgan fingerprint density at radius 1 is 0.250 bits per heavy atom. The molecular weight excluding hydrogens is 873 g/mol. The molecule has 0 radical (unpaired) electrons. The number of anilines is 6. The number of rotatable bonds is 9. The average molecular weight is 919 g/mol. The zero-order valence-electron chi connectivity index (χ0n) is 39.3. The molecule has 338 valence electrons. The summed E-state index contributed by atoms with van der Waals surface area (Å²) in [6.45, 7) is 0. The van der Waals surface area contributed by atoms with E-state index >= 15 is 0 Å². The van der Waals surface area contributed by atoms with Gasteiger partial charge in [-0.15, -0.1) is 0 Å². The average Bonchev–Trinajstić information content (AvgIpc) is 3.46. The molecule has 0 saturated heterocycles. The third-order valence-electron chi connectivity index (χ3n) is 15.1. The van der Waals surface area contributed by atoms with Crippen molar-refractivity contribution in [3.8, 4) is 11.4 Å². The van der Waals surface area contributed by atoms with Gasteiger partial charge in [0.15, 0.2) is 5.82 Å². The van der Waals surface area contributed by atoms with E-state index in [2.05, 4.69) is 289 Å². The molecule has 11 aromatic carbocycles. The lowest BCUT2D eigenvalue weighted by molar-refractivity contribution is 0.557. The van der Waals surface area contributed by atoms with Crippen LogP contribution in [0.5, 0.6) is 0 Å². The van der Waals surface area contributed by atoms with Crippen molar-refractivity contribution in [1.29, 1.82) is 0 Å². The minimum Gasteiger partial charge on any atom is -0.295 e. The zero-order valence-corrected chi connectivity index (χ0v) is 39.3. The van der Waals surface area contributed by atoms with Gasteiger partial charge >= 0.3 is 0 Å². The first-order valence-electron chi connectivity index (χ1n) is 24.7. The lowest BCUT2D eigenvalue weighted by atomic mass is 9.44. The van der Waals surface area contributed by atoms with E-state index < -0.39 is 10.8 Å². The summed E-state index contributed by atoms with van der Waals surface area (Å²) >= 11 is 0. The summed E-state index contributed by atoms with van der Waals surface area (Å²) in [5.41, 5.74) is 13.8. The second-order valence-electron chi connectivity index (χ2n) is 18.9. The van der Waals surface area contributed by atoms with E-state index in [1.54, 1.807) is 0 Å². The number of hydrogen-bond acceptors (Lipinski definition) is 4. The normalized spacial score (nSPS) is 16.2. The van der Waals surface area contributed by atoms with Gasteiger partial charge in [0, 0.05) is 34.4 Å². The molecule has 0 unspecified atom stereocenters. The highest BCUT2D eigenvalue weighted by Crippen LogP contribution is 2.66. The van der Waals surface area contributed by atoms with Crippen LogP contribution in [0.25, 0.3) is 32.9 Å². The summed E-state index contributed by atoms with van der Waals surface area (Å²) in [4.78, 5) is 16.0. The molecule has 3 aliphatic rings. The van der Waals surface area contributed by atoms with Gasteiger partial charge in [-0.05, 0) is 121 Å². The topological polar surface area (TPSA) is 32.3 Å². The van der Waals surface area contributed by atoms with Gasteiger partial charge < -0.3 is 0 Å². The van der Waals surface area contributed by atoms with Crippen molar-refractivity contribution >= 4 is 55.9 Å². The van der Waals surface area contributed by atoms with Crippen molar-refractivity contribution in [2.45, 2.75) is 10.8 Å². The Morgan fingerprint density at radius 3 is 1.06 bits per heavy atom. The maximum Gasteiger partial charge on any atom is 0.163 e. The van der Waals surface area contributed by atoms with Crippen LogP contribution in [0.4, 0.5) is 34.4 Å². The molecule has 0 aliphatic heterocycles. The van der Waals surface area contributed by atoms with Gasteiger partial charge in [0.2, 0.25) is 0 Å². The van der Waals surface area contributed by atoms with Crippen LogP contribution in [-0.4, -0.2) is 9.97 Å². The fourth-order valence-corrected chi connectivity index (χ4v) is 12.2. The van der Waals surface area contributed by atoms with Crippen molar-refractivity contribution in [3.05, 3.63) is 324 Å². The van der Waals surface area contributed by atoms with Crippen molar-refractivity contribution in [2.75, 3.05) is 9.80 Å². The quantitative estimate of drug-likeness (QED) is 0.144. The Balaban J connectivity index is 1.07. The lowest BCUT2D eigenvalue weighted by Crippen LogP contribution is -2.51. The van der Waals surface area contributed by atoms with Crippen LogP contribution >= 0.6 is 0 Å². The molecule has 4 nitrogen and oxygen atoms in total. The van der Waals surface area contributed by atoms with Gasteiger partial charge in [-0.3, -0.25) is 9.80 Å². The summed E-state index contributed by atoms with van der Waals surface area (Å²) in [6.07, 6.45) is 0.